The predicted molar refractivity (Wildman–Crippen MR) is 125 cm³/mol. The fourth-order valence-electron chi connectivity index (χ4n) is 4.20. The highest BCUT2D eigenvalue weighted by Crippen LogP contribution is 2.40. The highest BCUT2D eigenvalue weighted by atomic mass is 32.1. The van der Waals surface area contributed by atoms with E-state index >= 15 is 0 Å². The van der Waals surface area contributed by atoms with E-state index in [0.717, 1.165) is 42.3 Å². The van der Waals surface area contributed by atoms with E-state index in [2.05, 4.69) is 52.2 Å². The van der Waals surface area contributed by atoms with Crippen molar-refractivity contribution in [3.05, 3.63) is 58.5 Å². The molecule has 164 valence electrons. The van der Waals surface area contributed by atoms with Gasteiger partial charge in [-0.3, -0.25) is 9.69 Å². The molecule has 2 aromatic heterocycles. The van der Waals surface area contributed by atoms with E-state index in [1.165, 1.54) is 15.6 Å². The number of ether oxygens (including phenoxy) is 1. The van der Waals surface area contributed by atoms with Gasteiger partial charge in [0, 0.05) is 61.2 Å². The van der Waals surface area contributed by atoms with E-state index in [1.54, 1.807) is 18.4 Å². The summed E-state index contributed by atoms with van der Waals surface area (Å²) in [5.41, 5.74) is 2.34. The van der Waals surface area contributed by atoms with Crippen molar-refractivity contribution in [2.75, 3.05) is 33.4 Å². The lowest BCUT2D eigenvalue weighted by atomic mass is 9.95. The van der Waals surface area contributed by atoms with Gasteiger partial charge in [-0.05, 0) is 30.0 Å². The highest BCUT2D eigenvalue weighted by Gasteiger charge is 2.30. The third kappa shape index (κ3) is 4.95. The molecule has 1 amide bonds. The van der Waals surface area contributed by atoms with Crippen molar-refractivity contribution >= 4 is 27.3 Å². The summed E-state index contributed by atoms with van der Waals surface area (Å²) in [7, 11) is 1.64. The van der Waals surface area contributed by atoms with Crippen LogP contribution in [0.4, 0.5) is 0 Å². The van der Waals surface area contributed by atoms with Crippen LogP contribution in [0.2, 0.25) is 0 Å². The Hall–Kier alpha value is -2.35. The van der Waals surface area contributed by atoms with Crippen LogP contribution in [-0.4, -0.2) is 54.1 Å². The number of methoxy groups -OCH3 is 1. The van der Waals surface area contributed by atoms with Crippen LogP contribution >= 0.6 is 11.3 Å². The molecule has 1 fully saturated rings. The third-order valence-corrected chi connectivity index (χ3v) is 6.95. The first-order valence-electron chi connectivity index (χ1n) is 10.9. The van der Waals surface area contributed by atoms with Gasteiger partial charge in [-0.15, -0.1) is 11.3 Å². The monoisotopic (exact) mass is 438 g/mol. The summed E-state index contributed by atoms with van der Waals surface area (Å²) in [5.74, 6) is 1.57. The molecule has 6 nitrogen and oxygen atoms in total. The van der Waals surface area contributed by atoms with Crippen molar-refractivity contribution in [1.82, 2.24) is 20.2 Å². The Morgan fingerprint density at radius 2 is 2.06 bits per heavy atom. The van der Waals surface area contributed by atoms with E-state index in [4.69, 9.17) is 4.74 Å². The Labute approximate surface area is 187 Å². The molecule has 3 aromatic rings. The van der Waals surface area contributed by atoms with Crippen LogP contribution in [0.3, 0.4) is 0 Å². The van der Waals surface area contributed by atoms with Crippen LogP contribution in [0.25, 0.3) is 10.1 Å². The average Bonchev–Trinajstić information content (AvgIpc) is 3.38. The molecule has 0 spiro atoms. The second-order valence-electron chi connectivity index (χ2n) is 8.41. The smallest absolute Gasteiger partial charge is 0.261 e. The molecule has 31 heavy (non-hydrogen) atoms. The quantitative estimate of drug-likeness (QED) is 0.535. The molecule has 1 aliphatic heterocycles. The predicted octanol–water partition coefficient (Wildman–Crippen LogP) is 4.18. The Morgan fingerprint density at radius 3 is 2.81 bits per heavy atom. The summed E-state index contributed by atoms with van der Waals surface area (Å²) in [6.45, 7) is 8.03. The fourth-order valence-corrected chi connectivity index (χ4v) is 5.41. The first-order valence-corrected chi connectivity index (χ1v) is 11.7. The summed E-state index contributed by atoms with van der Waals surface area (Å²) in [6.07, 6.45) is 4.94. The summed E-state index contributed by atoms with van der Waals surface area (Å²) >= 11 is 1.59. The van der Waals surface area contributed by atoms with E-state index in [9.17, 15) is 4.79 Å². The first kappa shape index (κ1) is 21.9. The SMILES string of the molecule is COCCNC(=O)c1sc2ccccc2c1[C@@H]1CCN(Cc2cnc(C(C)C)nc2)C1. The van der Waals surface area contributed by atoms with E-state index in [1.807, 2.05) is 18.5 Å². The van der Waals surface area contributed by atoms with Crippen LogP contribution in [-0.2, 0) is 11.3 Å². The minimum atomic E-state index is 0.00405. The minimum Gasteiger partial charge on any atom is -0.383 e. The number of carbonyl (C=O) groups is 1. The number of hydrogen-bond donors (Lipinski definition) is 1. The lowest BCUT2D eigenvalue weighted by Gasteiger charge is -2.17. The molecular formula is C24H30N4O2S. The summed E-state index contributed by atoms with van der Waals surface area (Å²) in [6, 6.07) is 8.35. The van der Waals surface area contributed by atoms with Crippen molar-refractivity contribution in [1.29, 1.82) is 0 Å². The Kier molecular flexibility index (Phi) is 6.95. The molecule has 1 aromatic carbocycles. The lowest BCUT2D eigenvalue weighted by molar-refractivity contribution is 0.0940. The van der Waals surface area contributed by atoms with Crippen LogP contribution in [0.15, 0.2) is 36.7 Å². The largest absolute Gasteiger partial charge is 0.383 e. The molecule has 1 aliphatic rings. The van der Waals surface area contributed by atoms with E-state index in [0.29, 0.717) is 25.0 Å². The molecule has 7 heteroatoms. The normalized spacial score (nSPS) is 17.0. The zero-order valence-corrected chi connectivity index (χ0v) is 19.2. The minimum absolute atomic E-state index is 0.00405. The third-order valence-electron chi connectivity index (χ3n) is 5.76. The maximum Gasteiger partial charge on any atom is 0.261 e. The van der Waals surface area contributed by atoms with E-state index < -0.39 is 0 Å². The molecule has 0 aliphatic carbocycles. The van der Waals surface area contributed by atoms with Crippen LogP contribution < -0.4 is 5.32 Å². The van der Waals surface area contributed by atoms with Gasteiger partial charge in [-0.2, -0.15) is 0 Å². The maximum atomic E-state index is 12.9. The maximum absolute atomic E-state index is 12.9. The first-order chi connectivity index (χ1) is 15.1. The number of nitrogens with zero attached hydrogens (tertiary/aromatic N) is 3. The summed E-state index contributed by atoms with van der Waals surface area (Å²) in [5, 5.41) is 4.22. The number of rotatable bonds is 8. The standard InChI is InChI=1S/C24H30N4O2S/c1-16(2)23-26-12-17(13-27-23)14-28-10-8-18(15-28)21-19-6-4-5-7-20(19)31-22(21)24(29)25-9-11-30-3/h4-7,12-13,16,18H,8-11,14-15H2,1-3H3,(H,25,29)/t18-/m1/s1. The number of aromatic nitrogens is 2. The van der Waals surface area contributed by atoms with Gasteiger partial charge < -0.3 is 10.1 Å². The molecule has 1 saturated heterocycles. The number of amides is 1. The van der Waals surface area contributed by atoms with E-state index in [-0.39, 0.29) is 5.91 Å². The average molecular weight is 439 g/mol. The van der Waals surface area contributed by atoms with Crippen molar-refractivity contribution in [3.8, 4) is 0 Å². The van der Waals surface area contributed by atoms with Gasteiger partial charge >= 0.3 is 0 Å². The van der Waals surface area contributed by atoms with Crippen molar-refractivity contribution in [3.63, 3.8) is 0 Å². The molecule has 0 saturated carbocycles. The molecular weight excluding hydrogens is 408 g/mol. The summed E-state index contributed by atoms with van der Waals surface area (Å²) in [4.78, 5) is 25.2. The second-order valence-corrected chi connectivity index (χ2v) is 9.47. The topological polar surface area (TPSA) is 67.3 Å². The molecule has 4 rings (SSSR count). The van der Waals surface area contributed by atoms with Crippen molar-refractivity contribution in [2.45, 2.75) is 38.6 Å². The molecule has 3 heterocycles. The van der Waals surface area contributed by atoms with Gasteiger partial charge in [0.25, 0.3) is 5.91 Å². The van der Waals surface area contributed by atoms with Crippen LogP contribution in [0.5, 0.6) is 0 Å². The van der Waals surface area contributed by atoms with Crippen molar-refractivity contribution in [2.24, 2.45) is 0 Å². The van der Waals surface area contributed by atoms with Crippen molar-refractivity contribution < 1.29 is 9.53 Å². The van der Waals surface area contributed by atoms with Crippen LogP contribution in [0.1, 0.15) is 58.7 Å². The second kappa shape index (κ2) is 9.85. The number of carbonyl (C=O) groups excluding carboxylic acids is 1. The summed E-state index contributed by atoms with van der Waals surface area (Å²) < 4.78 is 6.25. The number of nitrogens with one attached hydrogen (secondary N) is 1. The number of benzene rings is 1. The molecule has 1 N–H and O–H groups in total. The van der Waals surface area contributed by atoms with Crippen LogP contribution in [0, 0.1) is 0 Å². The zero-order chi connectivity index (χ0) is 21.8. The Morgan fingerprint density at radius 1 is 1.29 bits per heavy atom. The van der Waals surface area contributed by atoms with Gasteiger partial charge in [0.15, 0.2) is 0 Å². The van der Waals surface area contributed by atoms with Gasteiger partial charge in [0.05, 0.1) is 11.5 Å². The van der Waals surface area contributed by atoms with Gasteiger partial charge in [0.1, 0.15) is 5.82 Å². The zero-order valence-electron chi connectivity index (χ0n) is 18.4. The fraction of sp³-hybridized carbons (Fsp3) is 0.458. The number of hydrogen-bond acceptors (Lipinski definition) is 6. The van der Waals surface area contributed by atoms with Gasteiger partial charge in [-0.1, -0.05) is 32.0 Å². The molecule has 1 atom stereocenters. The molecule has 0 unspecified atom stereocenters. The number of likely N-dealkylation sites (tertiary alicyclic amines) is 1. The number of thiophene rings is 1. The highest BCUT2D eigenvalue weighted by molar-refractivity contribution is 7.21. The number of fused-ring (bicyclic) bond motifs is 1. The molecule has 0 radical (unpaired) electrons. The molecule has 0 bridgehead atoms. The Balaban J connectivity index is 1.52. The lowest BCUT2D eigenvalue weighted by Crippen LogP contribution is -2.27. The van der Waals surface area contributed by atoms with Gasteiger partial charge in [-0.25, -0.2) is 9.97 Å². The Bertz CT molecular complexity index is 1030. The van der Waals surface area contributed by atoms with Gasteiger partial charge in [0.2, 0.25) is 0 Å².